The van der Waals surface area contributed by atoms with Crippen molar-refractivity contribution in [3.05, 3.63) is 68.8 Å². The van der Waals surface area contributed by atoms with E-state index in [1.807, 2.05) is 32.0 Å². The van der Waals surface area contributed by atoms with Crippen LogP contribution in [-0.2, 0) is 0 Å². The van der Waals surface area contributed by atoms with Gasteiger partial charge in [-0.1, -0.05) is 23.8 Å². The molecule has 2 aromatic rings. The number of nitrogens with two attached hydrogens (primary N) is 1. The molecule has 0 fully saturated rings. The minimum absolute atomic E-state index is 0.00607. The monoisotopic (exact) mass is 286 g/mol. The lowest BCUT2D eigenvalue weighted by molar-refractivity contribution is -0.384. The minimum Gasteiger partial charge on any atom is -0.496 e. The quantitative estimate of drug-likeness (QED) is 0.691. The maximum Gasteiger partial charge on any atom is 0.270 e. The summed E-state index contributed by atoms with van der Waals surface area (Å²) in [7, 11) is 1.53. The van der Waals surface area contributed by atoms with Gasteiger partial charge in [0.15, 0.2) is 0 Å². The number of non-ortho nitro benzene ring substituents is 1. The number of ether oxygens (including phenoxy) is 1. The molecule has 0 spiro atoms. The fraction of sp³-hybridized carbons (Fsp3) is 0.250. The van der Waals surface area contributed by atoms with Crippen LogP contribution in [0, 0.1) is 24.0 Å². The van der Waals surface area contributed by atoms with Crippen LogP contribution in [0.5, 0.6) is 5.75 Å². The molecule has 0 aliphatic heterocycles. The predicted molar refractivity (Wildman–Crippen MR) is 81.6 cm³/mol. The van der Waals surface area contributed by atoms with Crippen LogP contribution in [0.15, 0.2) is 36.4 Å². The van der Waals surface area contributed by atoms with Crippen molar-refractivity contribution in [1.29, 1.82) is 0 Å². The van der Waals surface area contributed by atoms with Crippen molar-refractivity contribution in [2.24, 2.45) is 5.73 Å². The smallest absolute Gasteiger partial charge is 0.270 e. The van der Waals surface area contributed by atoms with Gasteiger partial charge in [0, 0.05) is 17.7 Å². The molecule has 1 atom stereocenters. The Kier molecular flexibility index (Phi) is 4.23. The fourth-order valence-corrected chi connectivity index (χ4v) is 2.34. The van der Waals surface area contributed by atoms with Crippen LogP contribution in [0.25, 0.3) is 0 Å². The van der Waals surface area contributed by atoms with Crippen LogP contribution in [0.2, 0.25) is 0 Å². The third-order valence-corrected chi connectivity index (χ3v) is 3.53. The summed E-state index contributed by atoms with van der Waals surface area (Å²) in [6.45, 7) is 3.96. The minimum atomic E-state index is -0.472. The number of nitrogens with zero attached hydrogens (tertiary/aromatic N) is 1. The lowest BCUT2D eigenvalue weighted by Gasteiger charge is -2.18. The Bertz CT molecular complexity index is 683. The van der Waals surface area contributed by atoms with Gasteiger partial charge in [0.2, 0.25) is 0 Å². The number of nitro groups is 1. The lowest BCUT2D eigenvalue weighted by Crippen LogP contribution is -2.15. The second-order valence-corrected chi connectivity index (χ2v) is 5.02. The third kappa shape index (κ3) is 3.03. The van der Waals surface area contributed by atoms with Crippen LogP contribution in [0.3, 0.4) is 0 Å². The van der Waals surface area contributed by atoms with Gasteiger partial charge in [0.1, 0.15) is 5.75 Å². The summed E-state index contributed by atoms with van der Waals surface area (Å²) in [4.78, 5) is 10.5. The van der Waals surface area contributed by atoms with Crippen LogP contribution >= 0.6 is 0 Å². The van der Waals surface area contributed by atoms with Crippen molar-refractivity contribution in [2.75, 3.05) is 7.11 Å². The summed E-state index contributed by atoms with van der Waals surface area (Å²) in [6, 6.07) is 10.0. The highest BCUT2D eigenvalue weighted by Crippen LogP contribution is 2.33. The normalized spacial score (nSPS) is 12.0. The Morgan fingerprint density at radius 1 is 1.14 bits per heavy atom. The van der Waals surface area contributed by atoms with Crippen molar-refractivity contribution in [3.8, 4) is 5.75 Å². The van der Waals surface area contributed by atoms with Gasteiger partial charge in [-0.2, -0.15) is 0 Å². The second kappa shape index (κ2) is 5.93. The Balaban J connectivity index is 2.55. The summed E-state index contributed by atoms with van der Waals surface area (Å²) in [5.41, 5.74) is 10.0. The molecule has 21 heavy (non-hydrogen) atoms. The average molecular weight is 286 g/mol. The van der Waals surface area contributed by atoms with Crippen molar-refractivity contribution in [1.82, 2.24) is 0 Å². The maximum atomic E-state index is 11.0. The van der Waals surface area contributed by atoms with Crippen LogP contribution in [0.1, 0.15) is 28.3 Å². The number of hydrogen-bond acceptors (Lipinski definition) is 4. The molecule has 0 heterocycles. The second-order valence-electron chi connectivity index (χ2n) is 5.02. The van der Waals surface area contributed by atoms with E-state index < -0.39 is 11.0 Å². The Morgan fingerprint density at radius 3 is 2.48 bits per heavy atom. The van der Waals surface area contributed by atoms with E-state index in [0.717, 1.165) is 16.7 Å². The van der Waals surface area contributed by atoms with Gasteiger partial charge in [-0.05, 0) is 31.0 Å². The molecular weight excluding hydrogens is 268 g/mol. The molecule has 0 saturated carbocycles. The molecule has 0 aliphatic rings. The molecule has 0 aliphatic carbocycles. The number of nitro benzene ring substituents is 1. The van der Waals surface area contributed by atoms with E-state index in [-0.39, 0.29) is 5.69 Å². The molecule has 0 saturated heterocycles. The molecular formula is C16H18N2O3. The van der Waals surface area contributed by atoms with Gasteiger partial charge in [0.25, 0.3) is 5.69 Å². The molecule has 1 unspecified atom stereocenters. The average Bonchev–Trinajstić information content (AvgIpc) is 2.48. The number of aryl methyl sites for hydroxylation is 2. The highest BCUT2D eigenvalue weighted by molar-refractivity contribution is 5.49. The standard InChI is InChI=1S/C16H18N2O3/c1-10-4-5-11(2)13(8-10)16(17)14-9-12(18(19)20)6-7-15(14)21-3/h4-9,16H,17H2,1-3H3. The van der Waals surface area contributed by atoms with E-state index >= 15 is 0 Å². The van der Waals surface area contributed by atoms with Crippen molar-refractivity contribution < 1.29 is 9.66 Å². The molecule has 5 heteroatoms. The van der Waals surface area contributed by atoms with E-state index in [0.29, 0.717) is 11.3 Å². The van der Waals surface area contributed by atoms with Crippen LogP contribution in [-0.4, -0.2) is 12.0 Å². The largest absolute Gasteiger partial charge is 0.496 e. The molecule has 0 amide bonds. The summed E-state index contributed by atoms with van der Waals surface area (Å²) >= 11 is 0. The summed E-state index contributed by atoms with van der Waals surface area (Å²) in [5, 5.41) is 11.0. The fourth-order valence-electron chi connectivity index (χ4n) is 2.34. The van der Waals surface area contributed by atoms with E-state index in [1.54, 1.807) is 6.07 Å². The van der Waals surface area contributed by atoms with Gasteiger partial charge >= 0.3 is 0 Å². The highest BCUT2D eigenvalue weighted by Gasteiger charge is 2.19. The summed E-state index contributed by atoms with van der Waals surface area (Å²) in [6.07, 6.45) is 0. The van der Waals surface area contributed by atoms with Gasteiger partial charge in [-0.25, -0.2) is 0 Å². The first-order valence-electron chi connectivity index (χ1n) is 6.59. The van der Waals surface area contributed by atoms with E-state index in [1.165, 1.54) is 19.2 Å². The van der Waals surface area contributed by atoms with Gasteiger partial charge in [-0.15, -0.1) is 0 Å². The Labute approximate surface area is 123 Å². The number of methoxy groups -OCH3 is 1. The topological polar surface area (TPSA) is 78.4 Å². The lowest BCUT2D eigenvalue weighted by atomic mass is 9.93. The Morgan fingerprint density at radius 2 is 1.86 bits per heavy atom. The van der Waals surface area contributed by atoms with Gasteiger partial charge < -0.3 is 10.5 Å². The maximum absolute atomic E-state index is 11.0. The first kappa shape index (κ1) is 15.0. The molecule has 2 rings (SSSR count). The SMILES string of the molecule is COc1ccc([N+](=O)[O-])cc1C(N)c1cc(C)ccc1C. The molecule has 0 radical (unpaired) electrons. The van der Waals surface area contributed by atoms with Gasteiger partial charge in [0.05, 0.1) is 18.1 Å². The molecule has 2 aromatic carbocycles. The molecule has 5 nitrogen and oxygen atoms in total. The van der Waals surface area contributed by atoms with E-state index in [2.05, 4.69) is 0 Å². The van der Waals surface area contributed by atoms with Crippen molar-refractivity contribution >= 4 is 5.69 Å². The number of benzene rings is 2. The molecule has 2 N–H and O–H groups in total. The zero-order chi connectivity index (χ0) is 15.6. The van der Waals surface area contributed by atoms with E-state index in [4.69, 9.17) is 10.5 Å². The molecule has 110 valence electrons. The van der Waals surface area contributed by atoms with Crippen molar-refractivity contribution in [2.45, 2.75) is 19.9 Å². The first-order valence-corrected chi connectivity index (χ1v) is 6.59. The zero-order valence-corrected chi connectivity index (χ0v) is 12.3. The number of hydrogen-bond donors (Lipinski definition) is 1. The number of rotatable bonds is 4. The third-order valence-electron chi connectivity index (χ3n) is 3.53. The van der Waals surface area contributed by atoms with Crippen LogP contribution < -0.4 is 10.5 Å². The van der Waals surface area contributed by atoms with Gasteiger partial charge in [-0.3, -0.25) is 10.1 Å². The van der Waals surface area contributed by atoms with E-state index in [9.17, 15) is 10.1 Å². The zero-order valence-electron chi connectivity index (χ0n) is 12.3. The molecule has 0 bridgehead atoms. The van der Waals surface area contributed by atoms with Crippen molar-refractivity contribution in [3.63, 3.8) is 0 Å². The molecule has 0 aromatic heterocycles. The predicted octanol–water partition coefficient (Wildman–Crippen LogP) is 3.27. The Hall–Kier alpha value is -2.40. The summed E-state index contributed by atoms with van der Waals surface area (Å²) < 4.78 is 5.29. The van der Waals surface area contributed by atoms with Crippen LogP contribution in [0.4, 0.5) is 5.69 Å². The highest BCUT2D eigenvalue weighted by atomic mass is 16.6. The summed E-state index contributed by atoms with van der Waals surface area (Å²) in [5.74, 6) is 0.550. The first-order chi connectivity index (χ1) is 9.93.